The average molecular weight is 627 g/mol. The number of fused-ring (bicyclic) bond motifs is 5. The van der Waals surface area contributed by atoms with Gasteiger partial charge < -0.3 is 4.42 Å². The number of furan rings is 1. The smallest absolute Gasteiger partial charge is 0.233 e. The van der Waals surface area contributed by atoms with E-state index in [1.54, 1.807) is 0 Å². The van der Waals surface area contributed by atoms with Gasteiger partial charge in [-0.2, -0.15) is 0 Å². The number of hydrogen-bond donors (Lipinski definition) is 0. The van der Waals surface area contributed by atoms with Crippen LogP contribution >= 0.6 is 0 Å². The fourth-order valence-electron chi connectivity index (χ4n) is 7.44. The summed E-state index contributed by atoms with van der Waals surface area (Å²) in [6.07, 6.45) is 0. The number of hydrogen-bond acceptors (Lipinski definition) is 1. The van der Waals surface area contributed by atoms with Crippen LogP contribution < -0.4 is 15.6 Å². The van der Waals surface area contributed by atoms with Crippen LogP contribution in [0.3, 0.4) is 0 Å². The van der Waals surface area contributed by atoms with Crippen molar-refractivity contribution in [2.45, 2.75) is 0 Å². The van der Waals surface area contributed by atoms with Gasteiger partial charge in [0, 0.05) is 21.5 Å². The second-order valence-electron chi connectivity index (χ2n) is 12.2. The molecule has 224 valence electrons. The first-order valence-corrected chi connectivity index (χ1v) is 18.4. The van der Waals surface area contributed by atoms with Gasteiger partial charge in [0.15, 0.2) is 0 Å². The van der Waals surface area contributed by atoms with Gasteiger partial charge in [0.05, 0.1) is 0 Å². The van der Waals surface area contributed by atoms with Crippen LogP contribution in [0.2, 0.25) is 0 Å². The van der Waals surface area contributed by atoms with E-state index in [1.807, 2.05) is 6.07 Å². The minimum atomic E-state index is -3.04. The summed E-state index contributed by atoms with van der Waals surface area (Å²) < 4.78 is 6.76. The van der Waals surface area contributed by atoms with Crippen molar-refractivity contribution in [2.24, 2.45) is 0 Å². The molecule has 0 N–H and O–H groups in total. The predicted molar refractivity (Wildman–Crippen MR) is 205 cm³/mol. The van der Waals surface area contributed by atoms with Crippen LogP contribution in [0.1, 0.15) is 5.56 Å². The molecule has 8 aromatic carbocycles. The van der Waals surface area contributed by atoms with Crippen LogP contribution in [-0.2, 0) is 0 Å². The molecule has 0 unspecified atom stereocenters. The van der Waals surface area contributed by atoms with Crippen molar-refractivity contribution in [1.29, 1.82) is 0 Å². The third-order valence-electron chi connectivity index (χ3n) is 9.59. The standard InChI is InChI=1S/C46H30OSi/c1-4-17-33(18-5-1)45-40-26-12-10-23-36(40)38(37-24-11-13-27-41(37)45)31-32-48(34-19-6-2-7-20-34,35-21-8-3-9-22-35)44-30-16-28-42-39-25-14-15-29-43(39)47-46(42)44/h1-30H. The van der Waals surface area contributed by atoms with Crippen molar-refractivity contribution in [1.82, 2.24) is 0 Å². The molecule has 0 spiro atoms. The fraction of sp³-hybridized carbons (Fsp3) is 0. The first kappa shape index (κ1) is 28.1. The monoisotopic (exact) mass is 626 g/mol. The molecule has 9 rings (SSSR count). The number of rotatable bonds is 4. The van der Waals surface area contributed by atoms with E-state index in [1.165, 1.54) is 32.3 Å². The molecular weight excluding hydrogens is 597 g/mol. The van der Waals surface area contributed by atoms with E-state index in [2.05, 4.69) is 187 Å². The Kier molecular flexibility index (Phi) is 6.78. The maximum absolute atomic E-state index is 6.76. The summed E-state index contributed by atoms with van der Waals surface area (Å²) in [5.74, 6) is 3.91. The van der Waals surface area contributed by atoms with E-state index in [0.717, 1.165) is 43.5 Å². The van der Waals surface area contributed by atoms with Crippen LogP contribution in [0, 0.1) is 11.5 Å². The lowest BCUT2D eigenvalue weighted by atomic mass is 9.89. The zero-order valence-electron chi connectivity index (χ0n) is 26.2. The molecule has 0 aliphatic rings. The molecule has 9 aromatic rings. The summed E-state index contributed by atoms with van der Waals surface area (Å²) in [7, 11) is -3.04. The summed E-state index contributed by atoms with van der Waals surface area (Å²) >= 11 is 0. The lowest BCUT2D eigenvalue weighted by Crippen LogP contribution is -2.66. The molecule has 0 saturated carbocycles. The lowest BCUT2D eigenvalue weighted by molar-refractivity contribution is 0.671. The Morgan fingerprint density at radius 1 is 0.396 bits per heavy atom. The van der Waals surface area contributed by atoms with E-state index in [-0.39, 0.29) is 0 Å². The summed E-state index contributed by atoms with van der Waals surface area (Å²) in [5, 5.41) is 10.6. The lowest BCUT2D eigenvalue weighted by Gasteiger charge is -2.28. The van der Waals surface area contributed by atoms with Crippen LogP contribution in [0.5, 0.6) is 0 Å². The molecule has 0 atom stereocenters. The van der Waals surface area contributed by atoms with Crippen LogP contribution in [-0.4, -0.2) is 8.07 Å². The Morgan fingerprint density at radius 2 is 0.875 bits per heavy atom. The first-order chi connectivity index (χ1) is 23.8. The van der Waals surface area contributed by atoms with E-state index in [4.69, 9.17) is 4.42 Å². The highest BCUT2D eigenvalue weighted by Crippen LogP contribution is 2.39. The molecule has 0 radical (unpaired) electrons. The SMILES string of the molecule is C(#C[Si](c1ccccc1)(c1ccccc1)c1cccc2c1oc1ccccc12)c1c2ccccc2c(-c2ccccc2)c2ccccc12. The molecule has 0 bridgehead atoms. The highest BCUT2D eigenvalue weighted by atomic mass is 28.3. The summed E-state index contributed by atoms with van der Waals surface area (Å²) in [4.78, 5) is 0. The average Bonchev–Trinajstić information content (AvgIpc) is 3.55. The molecule has 2 heteroatoms. The zero-order valence-corrected chi connectivity index (χ0v) is 27.2. The normalized spacial score (nSPS) is 11.6. The molecular formula is C46H30OSi. The highest BCUT2D eigenvalue weighted by Gasteiger charge is 2.41. The number of para-hydroxylation sites is 2. The van der Waals surface area contributed by atoms with E-state index >= 15 is 0 Å². The van der Waals surface area contributed by atoms with Gasteiger partial charge in [0.2, 0.25) is 8.07 Å². The number of benzene rings is 8. The second kappa shape index (κ2) is 11.6. The molecule has 0 amide bonds. The molecule has 1 aromatic heterocycles. The van der Waals surface area contributed by atoms with E-state index in [0.29, 0.717) is 0 Å². The quantitative estimate of drug-likeness (QED) is 0.0821. The van der Waals surface area contributed by atoms with Crippen molar-refractivity contribution < 1.29 is 4.42 Å². The molecule has 0 saturated heterocycles. The van der Waals surface area contributed by atoms with Crippen LogP contribution in [0.15, 0.2) is 186 Å². The van der Waals surface area contributed by atoms with Gasteiger partial charge in [-0.05, 0) is 49.1 Å². The van der Waals surface area contributed by atoms with Gasteiger partial charge in [-0.3, -0.25) is 0 Å². The second-order valence-corrected chi connectivity index (χ2v) is 15.7. The molecule has 1 nitrogen and oxygen atoms in total. The molecule has 0 fully saturated rings. The van der Waals surface area contributed by atoms with Crippen molar-refractivity contribution >= 4 is 67.1 Å². The predicted octanol–water partition coefficient (Wildman–Crippen LogP) is 9.62. The minimum Gasteiger partial charge on any atom is -0.456 e. The first-order valence-electron chi connectivity index (χ1n) is 16.4. The van der Waals surface area contributed by atoms with Gasteiger partial charge in [0.1, 0.15) is 11.2 Å². The molecule has 0 aliphatic carbocycles. The van der Waals surface area contributed by atoms with Crippen molar-refractivity contribution in [3.8, 4) is 22.6 Å². The molecule has 0 aliphatic heterocycles. The Balaban J connectivity index is 1.42. The van der Waals surface area contributed by atoms with Crippen LogP contribution in [0.25, 0.3) is 54.6 Å². The Morgan fingerprint density at radius 3 is 1.48 bits per heavy atom. The van der Waals surface area contributed by atoms with E-state index in [9.17, 15) is 0 Å². The van der Waals surface area contributed by atoms with Crippen molar-refractivity contribution in [2.75, 3.05) is 0 Å². The summed E-state index contributed by atoms with van der Waals surface area (Å²) in [5.41, 5.74) is 9.43. The van der Waals surface area contributed by atoms with E-state index < -0.39 is 8.07 Å². The largest absolute Gasteiger partial charge is 0.456 e. The highest BCUT2D eigenvalue weighted by molar-refractivity contribution is 7.17. The van der Waals surface area contributed by atoms with Crippen LogP contribution in [0.4, 0.5) is 0 Å². The third-order valence-corrected chi connectivity index (χ3v) is 13.7. The maximum atomic E-state index is 6.76. The van der Waals surface area contributed by atoms with Gasteiger partial charge >= 0.3 is 0 Å². The topological polar surface area (TPSA) is 13.1 Å². The molecule has 48 heavy (non-hydrogen) atoms. The minimum absolute atomic E-state index is 0.894. The van der Waals surface area contributed by atoms with Gasteiger partial charge in [-0.1, -0.05) is 182 Å². The fourth-order valence-corrected chi connectivity index (χ4v) is 11.4. The van der Waals surface area contributed by atoms with Crippen molar-refractivity contribution in [3.05, 3.63) is 188 Å². The van der Waals surface area contributed by atoms with Gasteiger partial charge in [-0.15, -0.1) is 5.54 Å². The summed E-state index contributed by atoms with van der Waals surface area (Å²) in [6.45, 7) is 0. The third kappa shape index (κ3) is 4.41. The Labute approximate surface area is 280 Å². The molecule has 1 heterocycles. The Bertz CT molecular complexity index is 2570. The summed E-state index contributed by atoms with van der Waals surface area (Å²) in [6, 6.07) is 64.9. The maximum Gasteiger partial charge on any atom is 0.233 e. The Hall–Kier alpha value is -6.14. The van der Waals surface area contributed by atoms with Gasteiger partial charge in [0.25, 0.3) is 0 Å². The zero-order chi connectivity index (χ0) is 31.9. The van der Waals surface area contributed by atoms with Crippen molar-refractivity contribution in [3.63, 3.8) is 0 Å². The van der Waals surface area contributed by atoms with Gasteiger partial charge in [-0.25, -0.2) is 0 Å².